The van der Waals surface area contributed by atoms with Crippen molar-refractivity contribution in [2.45, 2.75) is 44.6 Å². The van der Waals surface area contributed by atoms with Crippen LogP contribution in [0.25, 0.3) is 0 Å². The van der Waals surface area contributed by atoms with Gasteiger partial charge in [-0.05, 0) is 62.6 Å². The molecular formula is C16H21F2O. The van der Waals surface area contributed by atoms with Gasteiger partial charge in [-0.15, -0.1) is 0 Å². The summed E-state index contributed by atoms with van der Waals surface area (Å²) in [4.78, 5) is 0. The van der Waals surface area contributed by atoms with Gasteiger partial charge in [0.05, 0.1) is 5.60 Å². The zero-order valence-corrected chi connectivity index (χ0v) is 11.6. The summed E-state index contributed by atoms with van der Waals surface area (Å²) in [6.07, 6.45) is 2.46. The summed E-state index contributed by atoms with van der Waals surface area (Å²) in [5.41, 5.74) is 0.553. The smallest absolute Gasteiger partial charge is 0.126 e. The van der Waals surface area contributed by atoms with Crippen molar-refractivity contribution in [3.63, 3.8) is 0 Å². The molecule has 1 radical (unpaired) electrons. The van der Waals surface area contributed by atoms with Crippen LogP contribution in [0.2, 0.25) is 0 Å². The van der Waals surface area contributed by atoms with E-state index < -0.39 is 11.6 Å². The van der Waals surface area contributed by atoms with E-state index in [0.29, 0.717) is 18.9 Å². The van der Waals surface area contributed by atoms with Crippen LogP contribution in [0.15, 0.2) is 18.2 Å². The minimum atomic E-state index is -0.514. The lowest BCUT2D eigenvalue weighted by molar-refractivity contribution is -0.0767. The first-order valence-electron chi connectivity index (χ1n) is 6.80. The summed E-state index contributed by atoms with van der Waals surface area (Å²) < 4.78 is 32.4. The van der Waals surface area contributed by atoms with Crippen molar-refractivity contribution in [3.05, 3.63) is 42.3 Å². The average molecular weight is 267 g/mol. The Labute approximate surface area is 114 Å². The second-order valence-electron chi connectivity index (χ2n) is 5.96. The highest BCUT2D eigenvalue weighted by molar-refractivity contribution is 5.23. The SMILES string of the molecule is [CH2]C[C@H](c1cc(F)cc(F)c1)[C@H]1CCOC(C)(C)C1. The van der Waals surface area contributed by atoms with Crippen LogP contribution in [0.5, 0.6) is 0 Å². The minimum absolute atomic E-state index is 0.0911. The third-order valence-corrected chi connectivity index (χ3v) is 3.93. The first-order valence-corrected chi connectivity index (χ1v) is 6.80. The maximum Gasteiger partial charge on any atom is 0.126 e. The van der Waals surface area contributed by atoms with E-state index in [-0.39, 0.29) is 11.5 Å². The molecule has 0 unspecified atom stereocenters. The molecule has 1 fully saturated rings. The molecular weight excluding hydrogens is 246 g/mol. The van der Waals surface area contributed by atoms with E-state index in [1.807, 2.05) is 0 Å². The Hall–Kier alpha value is -0.960. The molecule has 105 valence electrons. The lowest BCUT2D eigenvalue weighted by Crippen LogP contribution is -2.36. The Bertz CT molecular complexity index is 422. The number of halogens is 2. The van der Waals surface area contributed by atoms with Crippen LogP contribution in [-0.4, -0.2) is 12.2 Å². The number of ether oxygens (including phenoxy) is 1. The number of hydrogen-bond acceptors (Lipinski definition) is 1. The molecule has 1 aliphatic rings. The quantitative estimate of drug-likeness (QED) is 0.784. The normalized spacial score (nSPS) is 24.2. The third kappa shape index (κ3) is 3.53. The molecule has 0 bridgehead atoms. The highest BCUT2D eigenvalue weighted by Crippen LogP contribution is 2.40. The molecule has 2 rings (SSSR count). The predicted molar refractivity (Wildman–Crippen MR) is 71.8 cm³/mol. The minimum Gasteiger partial charge on any atom is -0.376 e. The Morgan fingerprint density at radius 3 is 2.47 bits per heavy atom. The monoisotopic (exact) mass is 267 g/mol. The summed E-state index contributed by atoms with van der Waals surface area (Å²) in [6.45, 7) is 8.78. The molecule has 0 N–H and O–H groups in total. The molecule has 0 aromatic heterocycles. The van der Waals surface area contributed by atoms with E-state index in [2.05, 4.69) is 20.8 Å². The van der Waals surface area contributed by atoms with Gasteiger partial charge in [0.2, 0.25) is 0 Å². The van der Waals surface area contributed by atoms with Crippen molar-refractivity contribution in [1.82, 2.24) is 0 Å². The van der Waals surface area contributed by atoms with Crippen molar-refractivity contribution < 1.29 is 13.5 Å². The van der Waals surface area contributed by atoms with E-state index >= 15 is 0 Å². The van der Waals surface area contributed by atoms with E-state index in [9.17, 15) is 8.78 Å². The average Bonchev–Trinajstić information content (AvgIpc) is 2.27. The fraction of sp³-hybridized carbons (Fsp3) is 0.562. The fourth-order valence-electron chi connectivity index (χ4n) is 3.09. The molecule has 1 saturated heterocycles. The first kappa shape index (κ1) is 14.4. The highest BCUT2D eigenvalue weighted by Gasteiger charge is 2.33. The van der Waals surface area contributed by atoms with Gasteiger partial charge >= 0.3 is 0 Å². The molecule has 2 atom stereocenters. The molecule has 0 spiro atoms. The van der Waals surface area contributed by atoms with Crippen LogP contribution in [0.4, 0.5) is 8.78 Å². The Morgan fingerprint density at radius 1 is 1.32 bits per heavy atom. The number of hydrogen-bond donors (Lipinski definition) is 0. The highest BCUT2D eigenvalue weighted by atomic mass is 19.1. The summed E-state index contributed by atoms with van der Waals surface area (Å²) in [7, 11) is 0. The van der Waals surface area contributed by atoms with Gasteiger partial charge in [0.1, 0.15) is 11.6 Å². The van der Waals surface area contributed by atoms with Gasteiger partial charge in [-0.1, -0.05) is 6.92 Å². The molecule has 1 heterocycles. The topological polar surface area (TPSA) is 9.23 Å². The Kier molecular flexibility index (Phi) is 4.24. The van der Waals surface area contributed by atoms with E-state index in [1.165, 1.54) is 12.1 Å². The van der Waals surface area contributed by atoms with Gasteiger partial charge in [0.25, 0.3) is 0 Å². The van der Waals surface area contributed by atoms with E-state index in [1.54, 1.807) is 0 Å². The summed E-state index contributed by atoms with van der Waals surface area (Å²) in [5, 5.41) is 0. The van der Waals surface area contributed by atoms with E-state index in [0.717, 1.165) is 24.5 Å². The van der Waals surface area contributed by atoms with Crippen molar-refractivity contribution in [3.8, 4) is 0 Å². The lowest BCUT2D eigenvalue weighted by Gasteiger charge is -2.39. The van der Waals surface area contributed by atoms with Gasteiger partial charge in [0.15, 0.2) is 0 Å². The maximum absolute atomic E-state index is 13.4. The van der Waals surface area contributed by atoms with Crippen LogP contribution < -0.4 is 0 Å². The Morgan fingerprint density at radius 2 is 1.95 bits per heavy atom. The standard InChI is InChI=1S/C16H21F2O/c1-4-15(11-5-6-19-16(2,3)10-11)12-7-13(17)9-14(18)8-12/h7-9,11,15H,1,4-6,10H2,2-3H3/t11-,15-/m0/s1. The predicted octanol–water partition coefficient (Wildman–Crippen LogP) is 4.48. The first-order chi connectivity index (χ1) is 8.91. The van der Waals surface area contributed by atoms with Crippen LogP contribution in [-0.2, 0) is 4.74 Å². The second kappa shape index (κ2) is 5.58. The van der Waals surface area contributed by atoms with Crippen LogP contribution in [0.1, 0.15) is 44.6 Å². The van der Waals surface area contributed by atoms with Gasteiger partial charge in [0, 0.05) is 12.7 Å². The van der Waals surface area contributed by atoms with Gasteiger partial charge in [-0.3, -0.25) is 0 Å². The van der Waals surface area contributed by atoms with Gasteiger partial charge in [-0.2, -0.15) is 0 Å². The van der Waals surface area contributed by atoms with Crippen LogP contribution in [0.3, 0.4) is 0 Å². The summed E-state index contributed by atoms with van der Waals surface area (Å²) >= 11 is 0. The number of benzene rings is 1. The molecule has 0 saturated carbocycles. The number of rotatable bonds is 3. The molecule has 0 amide bonds. The van der Waals surface area contributed by atoms with Gasteiger partial charge < -0.3 is 4.74 Å². The van der Waals surface area contributed by atoms with Crippen LogP contribution >= 0.6 is 0 Å². The molecule has 1 aromatic carbocycles. The van der Waals surface area contributed by atoms with Crippen molar-refractivity contribution in [1.29, 1.82) is 0 Å². The van der Waals surface area contributed by atoms with Crippen molar-refractivity contribution in [2.75, 3.05) is 6.61 Å². The zero-order chi connectivity index (χ0) is 14.0. The van der Waals surface area contributed by atoms with Crippen molar-refractivity contribution >= 4 is 0 Å². The summed E-state index contributed by atoms with van der Waals surface area (Å²) in [6, 6.07) is 3.78. The largest absolute Gasteiger partial charge is 0.376 e. The summed E-state index contributed by atoms with van der Waals surface area (Å²) in [5.74, 6) is -0.574. The van der Waals surface area contributed by atoms with E-state index in [4.69, 9.17) is 4.74 Å². The molecule has 1 nitrogen and oxygen atoms in total. The molecule has 1 aliphatic heterocycles. The molecule has 0 aliphatic carbocycles. The molecule has 1 aromatic rings. The van der Waals surface area contributed by atoms with Crippen molar-refractivity contribution in [2.24, 2.45) is 5.92 Å². The zero-order valence-electron chi connectivity index (χ0n) is 11.6. The maximum atomic E-state index is 13.4. The Balaban J connectivity index is 2.23. The van der Waals surface area contributed by atoms with Crippen LogP contribution in [0, 0.1) is 24.5 Å². The molecule has 3 heteroatoms. The lowest BCUT2D eigenvalue weighted by atomic mass is 9.75. The third-order valence-electron chi connectivity index (χ3n) is 3.93. The fourth-order valence-corrected chi connectivity index (χ4v) is 3.09. The molecule has 19 heavy (non-hydrogen) atoms. The van der Waals surface area contributed by atoms with Gasteiger partial charge in [-0.25, -0.2) is 8.78 Å². The second-order valence-corrected chi connectivity index (χ2v) is 5.96.